The van der Waals surface area contributed by atoms with E-state index in [1.807, 2.05) is 12.3 Å². The van der Waals surface area contributed by atoms with Gasteiger partial charge in [0.25, 0.3) is 5.56 Å². The Morgan fingerprint density at radius 3 is 3.11 bits per heavy atom. The minimum atomic E-state index is 0.0150. The van der Waals surface area contributed by atoms with Gasteiger partial charge in [0.05, 0.1) is 5.69 Å². The van der Waals surface area contributed by atoms with Gasteiger partial charge in [0.1, 0.15) is 0 Å². The van der Waals surface area contributed by atoms with E-state index in [0.717, 1.165) is 27.9 Å². The highest BCUT2D eigenvalue weighted by molar-refractivity contribution is 7.98. The van der Waals surface area contributed by atoms with Crippen LogP contribution in [0, 0.1) is 12.8 Å². The Labute approximate surface area is 114 Å². The number of fused-ring (bicyclic) bond motifs is 1. The molecule has 0 radical (unpaired) electrons. The molecule has 2 heterocycles. The second-order valence-corrected chi connectivity index (χ2v) is 6.30. The number of thiazole rings is 1. The zero-order chi connectivity index (χ0) is 13.1. The van der Waals surface area contributed by atoms with Gasteiger partial charge < -0.3 is 5.73 Å². The lowest BCUT2D eigenvalue weighted by Crippen LogP contribution is -2.15. The molecule has 1 unspecified atom stereocenters. The Balaban J connectivity index is 2.13. The molecule has 0 amide bonds. The van der Waals surface area contributed by atoms with Crippen LogP contribution >= 0.6 is 23.1 Å². The molecule has 0 aromatic carbocycles. The molecule has 98 valence electrons. The summed E-state index contributed by atoms with van der Waals surface area (Å²) in [6.45, 7) is 4.75. The van der Waals surface area contributed by atoms with E-state index in [1.165, 1.54) is 11.3 Å². The Bertz CT molecular complexity index is 591. The molecule has 1 atom stereocenters. The zero-order valence-corrected chi connectivity index (χ0v) is 12.2. The Morgan fingerprint density at radius 1 is 1.61 bits per heavy atom. The molecule has 2 N–H and O–H groups in total. The molecule has 0 saturated heterocycles. The predicted molar refractivity (Wildman–Crippen MR) is 78.5 cm³/mol. The fourth-order valence-electron chi connectivity index (χ4n) is 1.61. The molecule has 0 bridgehead atoms. The van der Waals surface area contributed by atoms with Crippen LogP contribution in [0.4, 0.5) is 0 Å². The average molecular weight is 283 g/mol. The second kappa shape index (κ2) is 5.86. The van der Waals surface area contributed by atoms with E-state index < -0.39 is 0 Å². The zero-order valence-electron chi connectivity index (χ0n) is 10.5. The highest BCUT2D eigenvalue weighted by atomic mass is 32.2. The van der Waals surface area contributed by atoms with Crippen molar-refractivity contribution in [2.24, 2.45) is 11.7 Å². The summed E-state index contributed by atoms with van der Waals surface area (Å²) in [4.78, 5) is 17.2. The Hall–Kier alpha value is -0.850. The summed E-state index contributed by atoms with van der Waals surface area (Å²) >= 11 is 3.29. The Kier molecular flexibility index (Phi) is 4.42. The van der Waals surface area contributed by atoms with E-state index in [1.54, 1.807) is 22.2 Å². The standard InChI is InChI=1S/C12H17N3OS2/c1-8(4-13)5-17-7-10-3-11(16)15-9(2)6-18-12(15)14-10/h3,6,8H,4-5,7,13H2,1-2H3. The van der Waals surface area contributed by atoms with Crippen LogP contribution in [-0.2, 0) is 5.75 Å². The molecular weight excluding hydrogens is 266 g/mol. The predicted octanol–water partition coefficient (Wildman–Crippen LogP) is 1.89. The van der Waals surface area contributed by atoms with E-state index >= 15 is 0 Å². The van der Waals surface area contributed by atoms with Gasteiger partial charge in [-0.15, -0.1) is 11.3 Å². The smallest absolute Gasteiger partial charge is 0.258 e. The molecular formula is C12H17N3OS2. The molecule has 2 aromatic heterocycles. The van der Waals surface area contributed by atoms with Crippen LogP contribution in [0.15, 0.2) is 16.2 Å². The van der Waals surface area contributed by atoms with Crippen molar-refractivity contribution in [3.05, 3.63) is 33.2 Å². The van der Waals surface area contributed by atoms with Gasteiger partial charge in [-0.05, 0) is 25.1 Å². The maximum absolute atomic E-state index is 11.9. The van der Waals surface area contributed by atoms with E-state index in [4.69, 9.17) is 5.73 Å². The summed E-state index contributed by atoms with van der Waals surface area (Å²) < 4.78 is 1.65. The van der Waals surface area contributed by atoms with Crippen LogP contribution in [-0.4, -0.2) is 21.7 Å². The first kappa shape index (κ1) is 13.6. The molecule has 0 aliphatic rings. The molecule has 2 aromatic rings. The van der Waals surface area contributed by atoms with Crippen molar-refractivity contribution < 1.29 is 0 Å². The van der Waals surface area contributed by atoms with Crippen molar-refractivity contribution in [3.8, 4) is 0 Å². The summed E-state index contributed by atoms with van der Waals surface area (Å²) in [5, 5.41) is 1.96. The van der Waals surface area contributed by atoms with Crippen molar-refractivity contribution in [3.63, 3.8) is 0 Å². The number of aromatic nitrogens is 2. The van der Waals surface area contributed by atoms with Gasteiger partial charge >= 0.3 is 0 Å². The number of nitrogens with zero attached hydrogens (tertiary/aromatic N) is 2. The van der Waals surface area contributed by atoms with Gasteiger partial charge in [0, 0.05) is 22.9 Å². The summed E-state index contributed by atoms with van der Waals surface area (Å²) in [5.41, 5.74) is 7.39. The van der Waals surface area contributed by atoms with Gasteiger partial charge in [-0.2, -0.15) is 11.8 Å². The van der Waals surface area contributed by atoms with E-state index in [2.05, 4.69) is 11.9 Å². The second-order valence-electron chi connectivity index (χ2n) is 4.44. The van der Waals surface area contributed by atoms with Gasteiger partial charge in [0.2, 0.25) is 0 Å². The van der Waals surface area contributed by atoms with Gasteiger partial charge in [0.15, 0.2) is 4.96 Å². The quantitative estimate of drug-likeness (QED) is 0.910. The largest absolute Gasteiger partial charge is 0.330 e. The monoisotopic (exact) mass is 283 g/mol. The van der Waals surface area contributed by atoms with Crippen molar-refractivity contribution in [2.75, 3.05) is 12.3 Å². The number of nitrogens with two attached hydrogens (primary N) is 1. The number of rotatable bonds is 5. The molecule has 6 heteroatoms. The fourth-order valence-corrected chi connectivity index (χ4v) is 3.51. The number of thioether (sulfide) groups is 1. The van der Waals surface area contributed by atoms with Crippen molar-refractivity contribution in [1.82, 2.24) is 9.38 Å². The van der Waals surface area contributed by atoms with Crippen LogP contribution in [0.5, 0.6) is 0 Å². The van der Waals surface area contributed by atoms with Crippen LogP contribution < -0.4 is 11.3 Å². The van der Waals surface area contributed by atoms with E-state index in [0.29, 0.717) is 12.5 Å². The maximum Gasteiger partial charge on any atom is 0.258 e. The Morgan fingerprint density at radius 2 is 2.39 bits per heavy atom. The third-order valence-electron chi connectivity index (χ3n) is 2.68. The third-order valence-corrected chi connectivity index (χ3v) is 4.93. The topological polar surface area (TPSA) is 60.4 Å². The highest BCUT2D eigenvalue weighted by Crippen LogP contribution is 2.16. The van der Waals surface area contributed by atoms with Gasteiger partial charge in [-0.3, -0.25) is 9.20 Å². The number of hydrogen-bond donors (Lipinski definition) is 1. The van der Waals surface area contributed by atoms with Crippen LogP contribution in [0.25, 0.3) is 4.96 Å². The normalized spacial score (nSPS) is 13.1. The SMILES string of the molecule is Cc1csc2nc(CSCC(C)CN)cc(=O)n12. The molecule has 2 rings (SSSR count). The molecule has 0 aliphatic heterocycles. The first-order chi connectivity index (χ1) is 8.61. The highest BCUT2D eigenvalue weighted by Gasteiger charge is 2.07. The van der Waals surface area contributed by atoms with E-state index in [9.17, 15) is 4.79 Å². The van der Waals surface area contributed by atoms with Crippen molar-refractivity contribution >= 4 is 28.1 Å². The first-order valence-electron chi connectivity index (χ1n) is 5.86. The number of hydrogen-bond acceptors (Lipinski definition) is 5. The third kappa shape index (κ3) is 2.93. The van der Waals surface area contributed by atoms with Crippen LogP contribution in [0.2, 0.25) is 0 Å². The van der Waals surface area contributed by atoms with Crippen LogP contribution in [0.1, 0.15) is 18.3 Å². The summed E-state index contributed by atoms with van der Waals surface area (Å²) in [6, 6.07) is 1.63. The van der Waals surface area contributed by atoms with Crippen molar-refractivity contribution in [2.45, 2.75) is 19.6 Å². The van der Waals surface area contributed by atoms with Crippen molar-refractivity contribution in [1.29, 1.82) is 0 Å². The lowest BCUT2D eigenvalue weighted by Gasteiger charge is -2.07. The molecule has 0 fully saturated rings. The maximum atomic E-state index is 11.9. The van der Waals surface area contributed by atoms with Gasteiger partial charge in [-0.1, -0.05) is 6.92 Å². The minimum absolute atomic E-state index is 0.0150. The minimum Gasteiger partial charge on any atom is -0.330 e. The van der Waals surface area contributed by atoms with Crippen LogP contribution in [0.3, 0.4) is 0 Å². The lowest BCUT2D eigenvalue weighted by molar-refractivity contribution is 0.675. The van der Waals surface area contributed by atoms with E-state index in [-0.39, 0.29) is 5.56 Å². The first-order valence-corrected chi connectivity index (χ1v) is 7.90. The number of aryl methyl sites for hydroxylation is 1. The molecule has 0 spiro atoms. The molecule has 0 saturated carbocycles. The van der Waals surface area contributed by atoms with Gasteiger partial charge in [-0.25, -0.2) is 4.98 Å². The molecule has 4 nitrogen and oxygen atoms in total. The fraction of sp³-hybridized carbons (Fsp3) is 0.500. The molecule has 0 aliphatic carbocycles. The summed E-state index contributed by atoms with van der Waals surface area (Å²) in [6.07, 6.45) is 0. The summed E-state index contributed by atoms with van der Waals surface area (Å²) in [7, 11) is 0. The summed E-state index contributed by atoms with van der Waals surface area (Å²) in [5.74, 6) is 2.28. The lowest BCUT2D eigenvalue weighted by atomic mass is 10.2. The average Bonchev–Trinajstić information content (AvgIpc) is 2.71. The molecule has 18 heavy (non-hydrogen) atoms.